The van der Waals surface area contributed by atoms with Gasteiger partial charge in [0.15, 0.2) is 5.78 Å². The van der Waals surface area contributed by atoms with Crippen molar-refractivity contribution in [2.45, 2.75) is 47.8 Å². The van der Waals surface area contributed by atoms with Crippen LogP contribution < -0.4 is 0 Å². The highest BCUT2D eigenvalue weighted by Crippen LogP contribution is 2.71. The van der Waals surface area contributed by atoms with Gasteiger partial charge in [-0.25, -0.2) is 12.4 Å². The Hall–Kier alpha value is -4.10. The Morgan fingerprint density at radius 2 is 1.06 bits per heavy atom. The Bertz CT molecular complexity index is 2210. The third-order valence-electron chi connectivity index (χ3n) is 7.53. The zero-order valence-electron chi connectivity index (χ0n) is 26.4. The van der Waals surface area contributed by atoms with E-state index in [2.05, 4.69) is 0 Å². The molecule has 5 aromatic carbocycles. The molecule has 0 aromatic heterocycles. The number of carbonyl (C=O) groups is 1. The number of hydrogen-bond donors (Lipinski definition) is 0. The average Bonchev–Trinajstić information content (AvgIpc) is 3.12. The van der Waals surface area contributed by atoms with Crippen molar-refractivity contribution < 1.29 is 65.1 Å². The van der Waals surface area contributed by atoms with Crippen LogP contribution in [0.5, 0.6) is 0 Å². The number of halogens is 12. The molecule has 286 valence electrons. The molecule has 5 rings (SSSR count). The van der Waals surface area contributed by atoms with Crippen molar-refractivity contribution in [2.24, 2.45) is 0 Å². The lowest BCUT2D eigenvalue weighted by atomic mass is 10.0. The van der Waals surface area contributed by atoms with Crippen LogP contribution in [0.3, 0.4) is 0 Å². The van der Waals surface area contributed by atoms with Crippen molar-refractivity contribution in [1.82, 2.24) is 0 Å². The first-order valence-corrected chi connectivity index (χ1v) is 18.9. The maximum absolute atomic E-state index is 15.1. The standard InChI is InChI=1S/C35H20ClF11O4S3/c36-29-20-22(31(48)21-4-2-1-3-5-21)6-19-30(29)52-25-11-17-28(18-12-25)53(26-13-7-23(37)8-14-26,27-15-9-24(38)10-16-27)51-54(49,50)35(46,47)33(41,42)32(39,40)34(43,44)45/h1-20H. The van der Waals surface area contributed by atoms with Gasteiger partial charge in [-0.15, -0.1) is 0 Å². The first-order valence-electron chi connectivity index (χ1n) is 14.7. The summed E-state index contributed by atoms with van der Waals surface area (Å²) in [6.45, 7) is 0. The van der Waals surface area contributed by atoms with Crippen molar-refractivity contribution in [3.63, 3.8) is 0 Å². The normalized spacial score (nSPS) is 13.5. The van der Waals surface area contributed by atoms with Gasteiger partial charge in [0.2, 0.25) is 0 Å². The zero-order valence-corrected chi connectivity index (χ0v) is 29.6. The number of benzene rings is 5. The van der Waals surface area contributed by atoms with Gasteiger partial charge in [0.25, 0.3) is 0 Å². The highest BCUT2D eigenvalue weighted by atomic mass is 35.5. The second-order valence-electron chi connectivity index (χ2n) is 11.1. The number of carbonyl (C=O) groups excluding carboxylic acids is 1. The van der Waals surface area contributed by atoms with Gasteiger partial charge in [0, 0.05) is 35.6 Å². The first-order chi connectivity index (χ1) is 25.0. The molecule has 4 nitrogen and oxygen atoms in total. The Morgan fingerprint density at radius 1 is 0.593 bits per heavy atom. The molecule has 0 unspecified atom stereocenters. The fourth-order valence-electron chi connectivity index (χ4n) is 4.78. The van der Waals surface area contributed by atoms with Crippen LogP contribution in [0.25, 0.3) is 0 Å². The van der Waals surface area contributed by atoms with E-state index in [4.69, 9.17) is 15.2 Å². The lowest BCUT2D eigenvalue weighted by molar-refractivity contribution is -0.382. The lowest BCUT2D eigenvalue weighted by Crippen LogP contribution is -2.63. The van der Waals surface area contributed by atoms with Crippen LogP contribution in [0.2, 0.25) is 5.02 Å². The molecule has 0 saturated carbocycles. The van der Waals surface area contributed by atoms with Gasteiger partial charge in [-0.05, 0) is 101 Å². The summed E-state index contributed by atoms with van der Waals surface area (Å²) in [7, 11) is -12.1. The topological polar surface area (TPSA) is 60.4 Å². The highest BCUT2D eigenvalue weighted by Gasteiger charge is 2.86. The summed E-state index contributed by atoms with van der Waals surface area (Å²) in [4.78, 5) is 11.9. The summed E-state index contributed by atoms with van der Waals surface area (Å²) in [5, 5.41) is -7.14. The Balaban J connectivity index is 1.62. The predicted octanol–water partition coefficient (Wildman–Crippen LogP) is 12.0. The van der Waals surface area contributed by atoms with Gasteiger partial charge >= 0.3 is 33.4 Å². The molecule has 0 atom stereocenters. The third-order valence-corrected chi connectivity index (χ3v) is 14.3. The van der Waals surface area contributed by atoms with Crippen LogP contribution in [-0.2, 0) is 13.7 Å². The van der Waals surface area contributed by atoms with Crippen molar-refractivity contribution >= 4 is 49.6 Å². The smallest absolute Gasteiger partial charge is 0.289 e. The molecule has 0 bridgehead atoms. The zero-order chi connectivity index (χ0) is 39.9. The lowest BCUT2D eigenvalue weighted by Gasteiger charge is -2.41. The SMILES string of the molecule is O=C(c1ccccc1)c1ccc(Sc2ccc(S(OS(=O)(=O)C(F)(F)C(F)(F)C(F)(F)C(F)(F)F)(c3ccc(F)cc3)c3ccc(F)cc3)cc2)c(Cl)c1. The summed E-state index contributed by atoms with van der Waals surface area (Å²) < 4.78 is 185. The molecule has 19 heteroatoms. The van der Waals surface area contributed by atoms with E-state index >= 15 is 8.78 Å². The molecule has 0 amide bonds. The van der Waals surface area contributed by atoms with Crippen LogP contribution >= 0.6 is 33.7 Å². The largest absolute Gasteiger partial charge is 0.460 e. The monoisotopic (exact) mass is 844 g/mol. The fraction of sp³-hybridized carbons (Fsp3) is 0.114. The Kier molecular flexibility index (Phi) is 11.3. The minimum atomic E-state index is -7.63. The van der Waals surface area contributed by atoms with E-state index in [1.807, 2.05) is 0 Å². The van der Waals surface area contributed by atoms with E-state index in [1.165, 1.54) is 30.3 Å². The van der Waals surface area contributed by atoms with Crippen molar-refractivity contribution in [3.8, 4) is 0 Å². The molecule has 0 aliphatic rings. The van der Waals surface area contributed by atoms with Gasteiger partial charge < -0.3 is 0 Å². The molecular weight excluding hydrogens is 825 g/mol. The van der Waals surface area contributed by atoms with E-state index in [0.29, 0.717) is 39.6 Å². The van der Waals surface area contributed by atoms with E-state index in [-0.39, 0.29) is 16.4 Å². The number of rotatable bonds is 12. The molecular formula is C35H20ClF11O4S3. The van der Waals surface area contributed by atoms with Crippen LogP contribution in [0, 0.1) is 11.6 Å². The van der Waals surface area contributed by atoms with Crippen molar-refractivity contribution in [1.29, 1.82) is 0 Å². The van der Waals surface area contributed by atoms with Gasteiger partial charge in [-0.2, -0.15) is 47.9 Å². The Labute approximate surface area is 310 Å². The molecule has 0 saturated heterocycles. The summed E-state index contributed by atoms with van der Waals surface area (Å²) in [5.74, 6) is -17.5. The summed E-state index contributed by atoms with van der Waals surface area (Å²) in [6, 6.07) is 22.9. The van der Waals surface area contributed by atoms with Crippen LogP contribution in [-0.4, -0.2) is 37.5 Å². The number of ketones is 1. The van der Waals surface area contributed by atoms with Crippen LogP contribution in [0.4, 0.5) is 48.3 Å². The number of hydrogen-bond acceptors (Lipinski definition) is 5. The van der Waals surface area contributed by atoms with Crippen molar-refractivity contribution in [2.75, 3.05) is 0 Å². The molecule has 0 radical (unpaired) electrons. The molecule has 54 heavy (non-hydrogen) atoms. The maximum atomic E-state index is 15.1. The van der Waals surface area contributed by atoms with Crippen LogP contribution in [0.1, 0.15) is 15.9 Å². The quantitative estimate of drug-likeness (QED) is 0.0925. The first kappa shape index (κ1) is 41.1. The third kappa shape index (κ3) is 7.45. The highest BCUT2D eigenvalue weighted by molar-refractivity contribution is 8.33. The van der Waals surface area contributed by atoms with E-state index < -0.39 is 70.0 Å². The fourth-order valence-corrected chi connectivity index (χ4v) is 11.1. The molecule has 5 aromatic rings. The summed E-state index contributed by atoms with van der Waals surface area (Å²) in [5.41, 5.74) is 0.629. The van der Waals surface area contributed by atoms with Gasteiger partial charge in [0.05, 0.1) is 5.02 Å². The molecule has 0 aliphatic heterocycles. The second kappa shape index (κ2) is 14.9. The predicted molar refractivity (Wildman–Crippen MR) is 178 cm³/mol. The van der Waals surface area contributed by atoms with Crippen LogP contribution in [0.15, 0.2) is 146 Å². The summed E-state index contributed by atoms with van der Waals surface area (Å²) in [6.07, 6.45) is -7.35. The molecule has 0 heterocycles. The Morgan fingerprint density at radius 3 is 1.50 bits per heavy atom. The van der Waals surface area contributed by atoms with E-state index in [0.717, 1.165) is 48.2 Å². The average molecular weight is 845 g/mol. The molecule has 0 N–H and O–H groups in total. The minimum Gasteiger partial charge on any atom is -0.289 e. The van der Waals surface area contributed by atoms with E-state index in [1.54, 1.807) is 30.3 Å². The van der Waals surface area contributed by atoms with Crippen molar-refractivity contribution in [3.05, 3.63) is 149 Å². The molecule has 0 spiro atoms. The van der Waals surface area contributed by atoms with E-state index in [9.17, 15) is 52.7 Å². The molecule has 0 aliphatic carbocycles. The molecule has 0 fully saturated rings. The second-order valence-corrected chi connectivity index (χ2v) is 17.1. The van der Waals surface area contributed by atoms with Gasteiger partial charge in [0.1, 0.15) is 11.6 Å². The maximum Gasteiger partial charge on any atom is 0.460 e. The minimum absolute atomic E-state index is 0.108. The number of alkyl halides is 9. The van der Waals surface area contributed by atoms with Gasteiger partial charge in [-0.3, -0.25) is 4.79 Å². The summed E-state index contributed by atoms with van der Waals surface area (Å²) >= 11 is 7.41. The van der Waals surface area contributed by atoms with Gasteiger partial charge in [-0.1, -0.05) is 53.7 Å².